The summed E-state index contributed by atoms with van der Waals surface area (Å²) in [7, 11) is 1.39. The SMILES string of the molecule is COC(=O)c1cc2n(c1)CC(C)(C)OC2. The van der Waals surface area contributed by atoms with Crippen molar-refractivity contribution >= 4 is 5.97 Å². The minimum absolute atomic E-state index is 0.167. The molecule has 0 aliphatic carbocycles. The van der Waals surface area contributed by atoms with E-state index in [0.29, 0.717) is 12.2 Å². The second-order valence-electron chi connectivity index (χ2n) is 4.39. The summed E-state index contributed by atoms with van der Waals surface area (Å²) in [5.41, 5.74) is 1.45. The van der Waals surface area contributed by atoms with Crippen molar-refractivity contribution in [3.63, 3.8) is 0 Å². The van der Waals surface area contributed by atoms with Gasteiger partial charge in [0.05, 0.1) is 31.4 Å². The van der Waals surface area contributed by atoms with Crippen LogP contribution < -0.4 is 0 Å². The molecule has 0 spiro atoms. The molecule has 82 valence electrons. The Labute approximate surface area is 88.8 Å². The molecule has 0 aromatic carbocycles. The van der Waals surface area contributed by atoms with E-state index in [2.05, 4.69) is 9.30 Å². The Balaban J connectivity index is 2.29. The highest BCUT2D eigenvalue weighted by molar-refractivity contribution is 5.89. The molecule has 1 aliphatic heterocycles. The molecule has 0 saturated carbocycles. The average molecular weight is 209 g/mol. The lowest BCUT2D eigenvalue weighted by atomic mass is 10.1. The lowest BCUT2D eigenvalue weighted by molar-refractivity contribution is -0.0625. The molecule has 1 aromatic heterocycles. The summed E-state index contributed by atoms with van der Waals surface area (Å²) < 4.78 is 12.4. The lowest BCUT2D eigenvalue weighted by Gasteiger charge is -2.31. The summed E-state index contributed by atoms with van der Waals surface area (Å²) in [6.07, 6.45) is 1.82. The summed E-state index contributed by atoms with van der Waals surface area (Å²) >= 11 is 0. The predicted octanol–water partition coefficient (Wildman–Crippen LogP) is 1.58. The van der Waals surface area contributed by atoms with Gasteiger partial charge in [-0.15, -0.1) is 0 Å². The summed E-state index contributed by atoms with van der Waals surface area (Å²) in [6.45, 7) is 5.38. The van der Waals surface area contributed by atoms with Crippen molar-refractivity contribution in [2.24, 2.45) is 0 Å². The van der Waals surface area contributed by atoms with Crippen LogP contribution in [0.1, 0.15) is 29.9 Å². The summed E-state index contributed by atoms with van der Waals surface area (Å²) in [5.74, 6) is -0.297. The van der Waals surface area contributed by atoms with Crippen LogP contribution in [0.25, 0.3) is 0 Å². The van der Waals surface area contributed by atoms with E-state index in [0.717, 1.165) is 12.2 Å². The van der Waals surface area contributed by atoms with Crippen LogP contribution in [0.4, 0.5) is 0 Å². The number of hydrogen-bond acceptors (Lipinski definition) is 3. The van der Waals surface area contributed by atoms with Crippen LogP contribution in [0.3, 0.4) is 0 Å². The standard InChI is InChI=1S/C11H15NO3/c1-11(2)7-12-5-8(10(13)14-3)4-9(12)6-15-11/h4-5H,6-7H2,1-3H3. The van der Waals surface area contributed by atoms with Crippen molar-refractivity contribution in [1.29, 1.82) is 0 Å². The van der Waals surface area contributed by atoms with Crippen molar-refractivity contribution in [1.82, 2.24) is 4.57 Å². The molecule has 1 aromatic rings. The number of nitrogens with zero attached hydrogens (tertiary/aromatic N) is 1. The summed E-state index contributed by atoms with van der Waals surface area (Å²) in [5, 5.41) is 0. The van der Waals surface area contributed by atoms with Gasteiger partial charge in [0.1, 0.15) is 0 Å². The highest BCUT2D eigenvalue weighted by atomic mass is 16.5. The number of rotatable bonds is 1. The topological polar surface area (TPSA) is 40.5 Å². The largest absolute Gasteiger partial charge is 0.465 e. The van der Waals surface area contributed by atoms with Crippen molar-refractivity contribution in [3.8, 4) is 0 Å². The van der Waals surface area contributed by atoms with Crippen LogP contribution in [-0.4, -0.2) is 23.2 Å². The first-order valence-corrected chi connectivity index (χ1v) is 4.93. The Morgan fingerprint density at radius 1 is 1.60 bits per heavy atom. The van der Waals surface area contributed by atoms with Gasteiger partial charge in [-0.05, 0) is 19.9 Å². The van der Waals surface area contributed by atoms with Crippen molar-refractivity contribution in [3.05, 3.63) is 23.5 Å². The van der Waals surface area contributed by atoms with E-state index in [1.807, 2.05) is 26.1 Å². The van der Waals surface area contributed by atoms with E-state index in [4.69, 9.17) is 4.74 Å². The van der Waals surface area contributed by atoms with Crippen LogP contribution in [0.2, 0.25) is 0 Å². The van der Waals surface area contributed by atoms with E-state index >= 15 is 0 Å². The van der Waals surface area contributed by atoms with Crippen molar-refractivity contribution in [2.45, 2.75) is 32.6 Å². The normalized spacial score (nSPS) is 18.3. The maximum absolute atomic E-state index is 11.3. The van der Waals surface area contributed by atoms with E-state index in [1.165, 1.54) is 7.11 Å². The number of carbonyl (C=O) groups is 1. The second-order valence-corrected chi connectivity index (χ2v) is 4.39. The first kappa shape index (κ1) is 10.2. The number of hydrogen-bond donors (Lipinski definition) is 0. The van der Waals surface area contributed by atoms with Crippen LogP contribution >= 0.6 is 0 Å². The molecule has 0 fully saturated rings. The molecular formula is C11H15NO3. The molecule has 15 heavy (non-hydrogen) atoms. The molecular weight excluding hydrogens is 194 g/mol. The third-order valence-corrected chi connectivity index (χ3v) is 2.57. The first-order valence-electron chi connectivity index (χ1n) is 4.93. The van der Waals surface area contributed by atoms with Gasteiger partial charge in [-0.25, -0.2) is 4.79 Å². The second kappa shape index (κ2) is 3.38. The van der Waals surface area contributed by atoms with Crippen LogP contribution in [0.5, 0.6) is 0 Å². The average Bonchev–Trinajstić information content (AvgIpc) is 2.57. The highest BCUT2D eigenvalue weighted by Gasteiger charge is 2.27. The van der Waals surface area contributed by atoms with Crippen LogP contribution in [-0.2, 0) is 22.6 Å². The third-order valence-electron chi connectivity index (χ3n) is 2.57. The van der Waals surface area contributed by atoms with E-state index in [1.54, 1.807) is 0 Å². The first-order chi connectivity index (χ1) is 7.02. The van der Waals surface area contributed by atoms with Gasteiger partial charge in [0.2, 0.25) is 0 Å². The Morgan fingerprint density at radius 2 is 2.33 bits per heavy atom. The van der Waals surface area contributed by atoms with E-state index in [9.17, 15) is 4.79 Å². The van der Waals surface area contributed by atoms with Crippen molar-refractivity contribution in [2.75, 3.05) is 7.11 Å². The van der Waals surface area contributed by atoms with Gasteiger partial charge in [0.15, 0.2) is 0 Å². The van der Waals surface area contributed by atoms with Gasteiger partial charge in [0, 0.05) is 11.9 Å². The van der Waals surface area contributed by atoms with Gasteiger partial charge in [-0.3, -0.25) is 0 Å². The molecule has 0 unspecified atom stereocenters. The van der Waals surface area contributed by atoms with Crippen LogP contribution in [0, 0.1) is 0 Å². The molecule has 0 bridgehead atoms. The zero-order chi connectivity index (χ0) is 11.1. The third kappa shape index (κ3) is 1.90. The molecule has 4 nitrogen and oxygen atoms in total. The highest BCUT2D eigenvalue weighted by Crippen LogP contribution is 2.24. The van der Waals surface area contributed by atoms with Crippen LogP contribution in [0.15, 0.2) is 12.3 Å². The molecule has 4 heteroatoms. The number of ether oxygens (including phenoxy) is 2. The Kier molecular flexibility index (Phi) is 2.31. The Bertz CT molecular complexity index is 393. The molecule has 0 saturated heterocycles. The Morgan fingerprint density at radius 3 is 3.00 bits per heavy atom. The molecule has 2 rings (SSSR count). The van der Waals surface area contributed by atoms with Gasteiger partial charge >= 0.3 is 5.97 Å². The molecule has 0 atom stereocenters. The van der Waals surface area contributed by atoms with E-state index in [-0.39, 0.29) is 11.6 Å². The lowest BCUT2D eigenvalue weighted by Crippen LogP contribution is -2.35. The fourth-order valence-corrected chi connectivity index (χ4v) is 1.78. The van der Waals surface area contributed by atoms with E-state index < -0.39 is 0 Å². The maximum Gasteiger partial charge on any atom is 0.339 e. The minimum Gasteiger partial charge on any atom is -0.465 e. The smallest absolute Gasteiger partial charge is 0.339 e. The molecule has 0 amide bonds. The molecule has 2 heterocycles. The number of fused-ring (bicyclic) bond motifs is 1. The minimum atomic E-state index is -0.297. The number of carbonyl (C=O) groups excluding carboxylic acids is 1. The Hall–Kier alpha value is -1.29. The number of methoxy groups -OCH3 is 1. The fraction of sp³-hybridized carbons (Fsp3) is 0.545. The van der Waals surface area contributed by atoms with Gasteiger partial charge in [-0.2, -0.15) is 0 Å². The monoisotopic (exact) mass is 209 g/mol. The zero-order valence-electron chi connectivity index (χ0n) is 9.24. The van der Waals surface area contributed by atoms with Crippen molar-refractivity contribution < 1.29 is 14.3 Å². The summed E-state index contributed by atoms with van der Waals surface area (Å²) in [6, 6.07) is 1.82. The maximum atomic E-state index is 11.3. The number of aromatic nitrogens is 1. The molecule has 1 aliphatic rings. The molecule has 0 radical (unpaired) electrons. The summed E-state index contributed by atoms with van der Waals surface area (Å²) in [4.78, 5) is 11.3. The quantitative estimate of drug-likeness (QED) is 0.659. The zero-order valence-corrected chi connectivity index (χ0v) is 9.24. The van der Waals surface area contributed by atoms with Gasteiger partial charge < -0.3 is 14.0 Å². The number of esters is 1. The van der Waals surface area contributed by atoms with Gasteiger partial charge in [0.25, 0.3) is 0 Å². The fourth-order valence-electron chi connectivity index (χ4n) is 1.78. The predicted molar refractivity (Wildman–Crippen MR) is 54.6 cm³/mol. The molecule has 0 N–H and O–H groups in total. The van der Waals surface area contributed by atoms with Gasteiger partial charge in [-0.1, -0.05) is 0 Å².